The lowest BCUT2D eigenvalue weighted by molar-refractivity contribution is 0.652. The molecule has 1 aromatic rings. The molecule has 0 atom stereocenters. The molecule has 0 aromatic heterocycles. The Morgan fingerprint density at radius 2 is 1.81 bits per heavy atom. The van der Waals surface area contributed by atoms with Crippen molar-refractivity contribution in [3.8, 4) is 0 Å². The van der Waals surface area contributed by atoms with E-state index in [1.807, 2.05) is 0 Å². The van der Waals surface area contributed by atoms with Gasteiger partial charge >= 0.3 is 0 Å². The maximum atomic E-state index is 4.23. The summed E-state index contributed by atoms with van der Waals surface area (Å²) in [5, 5.41) is 0. The van der Waals surface area contributed by atoms with E-state index in [0.29, 0.717) is 0 Å². The van der Waals surface area contributed by atoms with Crippen LogP contribution in [0.5, 0.6) is 0 Å². The molecule has 1 aliphatic rings. The minimum atomic E-state index is -1.17. The molecule has 0 bridgehead atoms. The van der Waals surface area contributed by atoms with Gasteiger partial charge in [0.1, 0.15) is 0 Å². The van der Waals surface area contributed by atoms with Crippen molar-refractivity contribution in [3.63, 3.8) is 0 Å². The van der Waals surface area contributed by atoms with E-state index in [2.05, 4.69) is 68.9 Å². The summed E-state index contributed by atoms with van der Waals surface area (Å²) in [6.07, 6.45) is 4.41. The maximum Gasteiger partial charge on any atom is 0.0150 e. The van der Waals surface area contributed by atoms with E-state index in [-0.39, 0.29) is 5.41 Å². The molecule has 1 aromatic carbocycles. The molecular formula is C15H17I. The Bertz CT molecular complexity index is 510. The van der Waals surface area contributed by atoms with Gasteiger partial charge in [-0.1, -0.05) is 60.8 Å². The van der Waals surface area contributed by atoms with Gasteiger partial charge in [0, 0.05) is 5.41 Å². The van der Waals surface area contributed by atoms with Gasteiger partial charge in [0.15, 0.2) is 0 Å². The summed E-state index contributed by atoms with van der Waals surface area (Å²) in [5.41, 5.74) is 2.89. The van der Waals surface area contributed by atoms with Crippen LogP contribution in [-0.4, -0.2) is 8.53 Å². The fourth-order valence-electron chi connectivity index (χ4n) is 1.82. The summed E-state index contributed by atoms with van der Waals surface area (Å²) in [7, 11) is 0. The Balaban J connectivity index is 2.45. The first-order valence-electron chi connectivity index (χ1n) is 5.36. The van der Waals surface area contributed by atoms with E-state index < -0.39 is 18.9 Å². The summed E-state index contributed by atoms with van der Waals surface area (Å²) < 4.78 is 8.90. The van der Waals surface area contributed by atoms with E-state index in [1.165, 1.54) is 11.1 Å². The molecule has 0 N–H and O–H groups in total. The van der Waals surface area contributed by atoms with Crippen molar-refractivity contribution in [2.75, 3.05) is 0 Å². The largest absolute Gasteiger partial charge is 0.132 e. The van der Waals surface area contributed by atoms with Crippen LogP contribution in [0.1, 0.15) is 19.4 Å². The highest BCUT2D eigenvalue weighted by Gasteiger charge is 2.23. The highest BCUT2D eigenvalue weighted by atomic mass is 127. The lowest BCUT2D eigenvalue weighted by Crippen LogP contribution is -2.21. The van der Waals surface area contributed by atoms with Crippen molar-refractivity contribution in [2.24, 2.45) is 0 Å². The van der Waals surface area contributed by atoms with Crippen LogP contribution in [0.4, 0.5) is 0 Å². The van der Waals surface area contributed by atoms with Crippen molar-refractivity contribution in [3.05, 3.63) is 57.7 Å². The molecule has 0 fully saturated rings. The lowest BCUT2D eigenvalue weighted by atomic mass is 9.78. The number of allylic oxidation sites excluding steroid dienone is 3. The molecule has 1 heteroatoms. The van der Waals surface area contributed by atoms with Crippen LogP contribution >= 0.6 is 18.9 Å². The van der Waals surface area contributed by atoms with Gasteiger partial charge in [0.2, 0.25) is 0 Å². The number of rotatable bonds is 2. The summed E-state index contributed by atoms with van der Waals surface area (Å²) in [6, 6.07) is 10.7. The van der Waals surface area contributed by atoms with E-state index >= 15 is 0 Å². The summed E-state index contributed by atoms with van der Waals surface area (Å²) in [4.78, 5) is 0. The Hall–Kier alpha value is -0.830. The topological polar surface area (TPSA) is 0 Å². The Labute approximate surface area is 104 Å². The minimum Gasteiger partial charge on any atom is -0.132 e. The van der Waals surface area contributed by atoms with Gasteiger partial charge < -0.3 is 0 Å². The van der Waals surface area contributed by atoms with Gasteiger partial charge in [-0.25, -0.2) is 0 Å². The molecule has 0 saturated carbocycles. The fourth-order valence-corrected chi connectivity index (χ4v) is 4.62. The molecule has 0 nitrogen and oxygen atoms in total. The molecule has 1 heterocycles. The van der Waals surface area contributed by atoms with E-state index in [4.69, 9.17) is 0 Å². The molecule has 16 heavy (non-hydrogen) atoms. The van der Waals surface area contributed by atoms with Crippen LogP contribution in [-0.2, 0) is 5.41 Å². The monoisotopic (exact) mass is 324 g/mol. The highest BCUT2D eigenvalue weighted by Crippen LogP contribution is 2.33. The standard InChI is InChI=1S/C15H17I/c1-15(2,13-8-5-4-6-9-13)14-10-7-11-16(3)12-14/h4-12H,3H2,1-2H3. The smallest absolute Gasteiger partial charge is 0.0150 e. The number of benzene rings is 1. The van der Waals surface area contributed by atoms with Crippen molar-refractivity contribution in [1.29, 1.82) is 0 Å². The average molecular weight is 324 g/mol. The number of hydrogen-bond donors (Lipinski definition) is 0. The fraction of sp³-hybridized carbons (Fsp3) is 0.200. The minimum absolute atomic E-state index is 0.0967. The van der Waals surface area contributed by atoms with E-state index in [0.717, 1.165) is 0 Å². The number of halogens is 1. The van der Waals surface area contributed by atoms with Crippen molar-refractivity contribution in [2.45, 2.75) is 19.3 Å². The third-order valence-electron chi connectivity index (χ3n) is 2.99. The zero-order valence-corrected chi connectivity index (χ0v) is 11.9. The molecule has 0 unspecified atom stereocenters. The van der Waals surface area contributed by atoms with Crippen LogP contribution in [0.3, 0.4) is 0 Å². The summed E-state index contributed by atoms with van der Waals surface area (Å²) in [5.74, 6) is 0. The molecule has 2 rings (SSSR count). The molecule has 0 aliphatic carbocycles. The van der Waals surface area contributed by atoms with Crippen molar-refractivity contribution >= 4 is 27.4 Å². The predicted octanol–water partition coefficient (Wildman–Crippen LogP) is 4.16. The predicted molar refractivity (Wildman–Crippen MR) is 83.9 cm³/mol. The van der Waals surface area contributed by atoms with E-state index in [1.54, 1.807) is 0 Å². The van der Waals surface area contributed by atoms with Crippen LogP contribution in [0.2, 0.25) is 0 Å². The first-order chi connectivity index (χ1) is 7.60. The van der Waals surface area contributed by atoms with Gasteiger partial charge in [-0.3, -0.25) is 0 Å². The van der Waals surface area contributed by atoms with Crippen LogP contribution in [0.25, 0.3) is 0 Å². The Kier molecular flexibility index (Phi) is 3.33. The van der Waals surface area contributed by atoms with Crippen molar-refractivity contribution in [1.82, 2.24) is 0 Å². The van der Waals surface area contributed by atoms with Gasteiger partial charge in [-0.05, 0) is 19.2 Å². The molecular weight excluding hydrogens is 307 g/mol. The molecule has 0 amide bonds. The second-order valence-electron chi connectivity index (χ2n) is 4.48. The van der Waals surface area contributed by atoms with Crippen LogP contribution < -0.4 is 0 Å². The SMILES string of the molecule is C=I1=CC(C(C)(C)c2ccccc2)=CC=C1. The van der Waals surface area contributed by atoms with Gasteiger partial charge in [0.25, 0.3) is 0 Å². The quantitative estimate of drug-likeness (QED) is 0.717. The van der Waals surface area contributed by atoms with E-state index in [9.17, 15) is 0 Å². The molecule has 0 radical (unpaired) electrons. The second kappa shape index (κ2) is 4.58. The Morgan fingerprint density at radius 1 is 1.12 bits per heavy atom. The molecule has 0 saturated heterocycles. The van der Waals surface area contributed by atoms with Gasteiger partial charge in [-0.15, -0.1) is 18.9 Å². The summed E-state index contributed by atoms with van der Waals surface area (Å²) in [6.45, 7) is 4.57. The zero-order chi connectivity index (χ0) is 11.6. The first kappa shape index (κ1) is 11.6. The zero-order valence-electron chi connectivity index (χ0n) is 9.78. The third kappa shape index (κ3) is 2.29. The molecule has 84 valence electrons. The molecule has 1 aliphatic heterocycles. The van der Waals surface area contributed by atoms with Crippen molar-refractivity contribution < 1.29 is 0 Å². The van der Waals surface area contributed by atoms with Crippen LogP contribution in [0, 0.1) is 0 Å². The van der Waals surface area contributed by atoms with Crippen LogP contribution in [0.15, 0.2) is 52.1 Å². The Morgan fingerprint density at radius 3 is 2.44 bits per heavy atom. The summed E-state index contributed by atoms with van der Waals surface area (Å²) >= 11 is -1.17. The highest BCUT2D eigenvalue weighted by molar-refractivity contribution is 14.2. The third-order valence-corrected chi connectivity index (χ3v) is 5.80. The number of hydrogen-bond acceptors (Lipinski definition) is 0. The van der Waals surface area contributed by atoms with Gasteiger partial charge in [-0.2, -0.15) is 0 Å². The second-order valence-corrected chi connectivity index (χ2v) is 8.30. The maximum absolute atomic E-state index is 4.23. The molecule has 0 spiro atoms. The lowest BCUT2D eigenvalue weighted by Gasteiger charge is -2.27. The average Bonchev–Trinajstić information content (AvgIpc) is 2.30. The normalized spacial score (nSPS) is 16.8. The van der Waals surface area contributed by atoms with Gasteiger partial charge in [0.05, 0.1) is 0 Å². The first-order valence-corrected chi connectivity index (χ1v) is 9.38.